The number of urea groups is 1. The average molecular weight is 369 g/mol. The minimum Gasteiger partial charge on any atom is -0.301 e. The molecule has 0 spiro atoms. The maximum absolute atomic E-state index is 11.9. The molecule has 10 nitrogen and oxygen atoms in total. The smallest absolute Gasteiger partial charge is 0.301 e. The van der Waals surface area contributed by atoms with Crippen LogP contribution in [0.5, 0.6) is 0 Å². The first-order chi connectivity index (χ1) is 12.9. The maximum atomic E-state index is 11.9. The Hall–Kier alpha value is -3.82. The Morgan fingerprint density at radius 2 is 1.81 bits per heavy atom. The van der Waals surface area contributed by atoms with E-state index in [0.29, 0.717) is 0 Å². The van der Waals surface area contributed by atoms with Crippen molar-refractivity contribution in [3.63, 3.8) is 0 Å². The first-order valence-electron chi connectivity index (χ1n) is 8.09. The number of carbonyl (C=O) groups is 1. The topological polar surface area (TPSA) is 140 Å². The third-order valence-corrected chi connectivity index (χ3v) is 4.14. The summed E-state index contributed by atoms with van der Waals surface area (Å²) in [6, 6.07) is 8.08. The van der Waals surface area contributed by atoms with Crippen molar-refractivity contribution in [1.29, 1.82) is 0 Å². The van der Waals surface area contributed by atoms with Crippen LogP contribution in [0.15, 0.2) is 41.5 Å². The lowest BCUT2D eigenvalue weighted by molar-refractivity contribution is -0.393. The minimum absolute atomic E-state index is 0.171. The molecule has 2 aromatic rings. The SMILES string of the molecule is O=C(NN=Cc1ccc2c(c1)CCC2)Nc1ccc([N+](=O)[O-])cc1[N+](=O)[O-]. The highest BCUT2D eigenvalue weighted by Gasteiger charge is 2.20. The molecule has 0 bridgehead atoms. The van der Waals surface area contributed by atoms with E-state index in [4.69, 9.17) is 0 Å². The molecule has 2 aromatic carbocycles. The molecule has 10 heteroatoms. The maximum Gasteiger partial charge on any atom is 0.339 e. The Labute approximate surface area is 153 Å². The molecule has 0 saturated heterocycles. The summed E-state index contributed by atoms with van der Waals surface area (Å²) in [6.07, 6.45) is 4.70. The van der Waals surface area contributed by atoms with Gasteiger partial charge in [-0.25, -0.2) is 10.2 Å². The number of benzene rings is 2. The van der Waals surface area contributed by atoms with Crippen LogP contribution in [0.2, 0.25) is 0 Å². The van der Waals surface area contributed by atoms with Gasteiger partial charge in [0.15, 0.2) is 0 Å². The van der Waals surface area contributed by atoms with Crippen LogP contribution >= 0.6 is 0 Å². The van der Waals surface area contributed by atoms with Gasteiger partial charge in [0.05, 0.1) is 22.1 Å². The number of fused-ring (bicyclic) bond motifs is 1. The Bertz CT molecular complexity index is 957. The molecule has 0 unspecified atom stereocenters. The predicted octanol–water partition coefficient (Wildman–Crippen LogP) is 3.15. The van der Waals surface area contributed by atoms with Gasteiger partial charge in [-0.2, -0.15) is 5.10 Å². The van der Waals surface area contributed by atoms with Crippen LogP contribution < -0.4 is 10.7 Å². The second kappa shape index (κ2) is 7.60. The van der Waals surface area contributed by atoms with Crippen molar-refractivity contribution >= 4 is 29.3 Å². The number of nitrogens with zero attached hydrogens (tertiary/aromatic N) is 3. The summed E-state index contributed by atoms with van der Waals surface area (Å²) in [4.78, 5) is 32.1. The monoisotopic (exact) mass is 369 g/mol. The van der Waals surface area contributed by atoms with E-state index in [1.807, 2.05) is 18.2 Å². The van der Waals surface area contributed by atoms with Gasteiger partial charge >= 0.3 is 6.03 Å². The molecular weight excluding hydrogens is 354 g/mol. The molecule has 0 heterocycles. The Balaban J connectivity index is 1.65. The molecule has 0 saturated carbocycles. The molecule has 2 amide bonds. The third-order valence-electron chi connectivity index (χ3n) is 4.14. The van der Waals surface area contributed by atoms with Crippen molar-refractivity contribution in [2.75, 3.05) is 5.32 Å². The fraction of sp³-hybridized carbons (Fsp3) is 0.176. The molecule has 1 aliphatic carbocycles. The molecule has 0 atom stereocenters. The number of hydrogen-bond acceptors (Lipinski definition) is 6. The number of nitro groups is 2. The Morgan fingerprint density at radius 1 is 1.04 bits per heavy atom. The summed E-state index contributed by atoms with van der Waals surface area (Å²) in [5, 5.41) is 27.8. The molecule has 0 radical (unpaired) electrons. The summed E-state index contributed by atoms with van der Waals surface area (Å²) in [5.41, 5.74) is 4.44. The van der Waals surface area contributed by atoms with Crippen molar-refractivity contribution in [2.45, 2.75) is 19.3 Å². The fourth-order valence-electron chi connectivity index (χ4n) is 2.88. The predicted molar refractivity (Wildman–Crippen MR) is 98.0 cm³/mol. The van der Waals surface area contributed by atoms with Crippen LogP contribution in [-0.4, -0.2) is 22.1 Å². The van der Waals surface area contributed by atoms with Crippen LogP contribution in [0.3, 0.4) is 0 Å². The first kappa shape index (κ1) is 18.0. The standard InChI is InChI=1S/C17H15N5O5/c23-17(19-15-7-6-14(21(24)25)9-16(15)22(26)27)20-18-10-11-4-5-12-2-1-3-13(12)8-11/h4-10H,1-3H2,(H2,19,20,23). The van der Waals surface area contributed by atoms with Crippen molar-refractivity contribution in [1.82, 2.24) is 5.43 Å². The highest BCUT2D eigenvalue weighted by atomic mass is 16.6. The highest BCUT2D eigenvalue weighted by molar-refractivity contribution is 5.92. The van der Waals surface area contributed by atoms with Gasteiger partial charge in [-0.15, -0.1) is 0 Å². The van der Waals surface area contributed by atoms with Gasteiger partial charge in [0.1, 0.15) is 5.69 Å². The van der Waals surface area contributed by atoms with Gasteiger partial charge in [-0.1, -0.05) is 12.1 Å². The van der Waals surface area contributed by atoms with Crippen LogP contribution in [0.1, 0.15) is 23.1 Å². The van der Waals surface area contributed by atoms with Crippen molar-refractivity contribution in [3.8, 4) is 0 Å². The van der Waals surface area contributed by atoms with Gasteiger partial charge in [-0.3, -0.25) is 20.2 Å². The molecule has 3 rings (SSSR count). The van der Waals surface area contributed by atoms with E-state index in [1.54, 1.807) is 0 Å². The third kappa shape index (κ3) is 4.24. The van der Waals surface area contributed by atoms with Gasteiger partial charge in [0.2, 0.25) is 0 Å². The van der Waals surface area contributed by atoms with Crippen LogP contribution in [-0.2, 0) is 12.8 Å². The van der Waals surface area contributed by atoms with E-state index in [1.165, 1.54) is 17.3 Å². The van der Waals surface area contributed by atoms with Gasteiger partial charge in [0, 0.05) is 6.07 Å². The zero-order valence-electron chi connectivity index (χ0n) is 14.0. The van der Waals surface area contributed by atoms with Crippen LogP contribution in [0.25, 0.3) is 0 Å². The van der Waals surface area contributed by atoms with Crippen molar-refractivity contribution < 1.29 is 14.6 Å². The van der Waals surface area contributed by atoms with E-state index in [2.05, 4.69) is 15.8 Å². The number of non-ortho nitro benzene ring substituents is 1. The van der Waals surface area contributed by atoms with Crippen molar-refractivity contribution in [3.05, 3.63) is 73.3 Å². The molecule has 27 heavy (non-hydrogen) atoms. The van der Waals surface area contributed by atoms with Gasteiger partial charge in [-0.05, 0) is 48.1 Å². The van der Waals surface area contributed by atoms with Crippen molar-refractivity contribution in [2.24, 2.45) is 5.10 Å². The number of carbonyl (C=O) groups excluding carboxylic acids is 1. The van der Waals surface area contributed by atoms with Gasteiger partial charge < -0.3 is 5.32 Å². The molecule has 0 aromatic heterocycles. The lowest BCUT2D eigenvalue weighted by atomic mass is 10.1. The Morgan fingerprint density at radius 3 is 2.56 bits per heavy atom. The number of nitrogens with one attached hydrogen (secondary N) is 2. The quantitative estimate of drug-likeness (QED) is 0.473. The average Bonchev–Trinajstić information content (AvgIpc) is 3.09. The van der Waals surface area contributed by atoms with E-state index in [9.17, 15) is 25.0 Å². The molecule has 2 N–H and O–H groups in total. The number of anilines is 1. The molecular formula is C17H15N5O5. The summed E-state index contributed by atoms with van der Waals surface area (Å²) < 4.78 is 0. The molecule has 1 aliphatic rings. The van der Waals surface area contributed by atoms with Gasteiger partial charge in [0.25, 0.3) is 11.4 Å². The summed E-state index contributed by atoms with van der Waals surface area (Å²) >= 11 is 0. The zero-order valence-corrected chi connectivity index (χ0v) is 14.0. The lowest BCUT2D eigenvalue weighted by Gasteiger charge is -2.05. The second-order valence-corrected chi connectivity index (χ2v) is 5.92. The molecule has 0 aliphatic heterocycles. The number of nitro benzene ring substituents is 2. The van der Waals surface area contributed by atoms with Crippen LogP contribution in [0.4, 0.5) is 21.9 Å². The largest absolute Gasteiger partial charge is 0.339 e. The van der Waals surface area contributed by atoms with E-state index in [-0.39, 0.29) is 5.69 Å². The van der Waals surface area contributed by atoms with Crippen LogP contribution in [0, 0.1) is 20.2 Å². The fourth-order valence-corrected chi connectivity index (χ4v) is 2.88. The number of amides is 2. The normalized spacial score (nSPS) is 12.6. The lowest BCUT2D eigenvalue weighted by Crippen LogP contribution is -2.24. The molecule has 0 fully saturated rings. The number of hydrogen-bond donors (Lipinski definition) is 2. The molecule has 138 valence electrons. The second-order valence-electron chi connectivity index (χ2n) is 5.92. The number of hydrazone groups is 1. The van der Waals surface area contributed by atoms with E-state index >= 15 is 0 Å². The summed E-state index contributed by atoms with van der Waals surface area (Å²) in [6.45, 7) is 0. The number of rotatable bonds is 5. The minimum atomic E-state index is -0.809. The van der Waals surface area contributed by atoms with E-state index in [0.717, 1.165) is 43.0 Å². The summed E-state index contributed by atoms with van der Waals surface area (Å²) in [7, 11) is 0. The Kier molecular flexibility index (Phi) is 5.06. The van der Waals surface area contributed by atoms with E-state index < -0.39 is 27.3 Å². The highest BCUT2D eigenvalue weighted by Crippen LogP contribution is 2.28. The number of aryl methyl sites for hydroxylation is 2. The zero-order chi connectivity index (χ0) is 19.4. The first-order valence-corrected chi connectivity index (χ1v) is 8.09. The summed E-state index contributed by atoms with van der Waals surface area (Å²) in [5.74, 6) is 0.